The number of piperidine rings is 1. The molecule has 1 atom stereocenters. The van der Waals surface area contributed by atoms with Gasteiger partial charge in [-0.3, -0.25) is 0 Å². The highest BCUT2D eigenvalue weighted by Gasteiger charge is 2.29. The van der Waals surface area contributed by atoms with Crippen LogP contribution in [0.5, 0.6) is 0 Å². The predicted molar refractivity (Wildman–Crippen MR) is 80.6 cm³/mol. The monoisotopic (exact) mass is 262 g/mol. The van der Waals surface area contributed by atoms with Crippen LogP contribution in [-0.2, 0) is 0 Å². The average molecular weight is 262 g/mol. The van der Waals surface area contributed by atoms with Crippen LogP contribution >= 0.6 is 0 Å². The number of aliphatic hydroxyl groups excluding tert-OH is 1. The first-order chi connectivity index (χ1) is 9.13. The molecule has 1 aliphatic rings. The van der Waals surface area contributed by atoms with E-state index in [9.17, 15) is 5.11 Å². The van der Waals surface area contributed by atoms with Gasteiger partial charge in [-0.25, -0.2) is 0 Å². The molecular formula is C16H26N2O. The number of hydrogen-bond donors (Lipinski definition) is 1. The summed E-state index contributed by atoms with van der Waals surface area (Å²) in [6, 6.07) is 10.5. The second-order valence-corrected chi connectivity index (χ2v) is 6.11. The van der Waals surface area contributed by atoms with Crippen molar-refractivity contribution in [3.05, 3.63) is 30.3 Å². The van der Waals surface area contributed by atoms with E-state index in [2.05, 4.69) is 54.1 Å². The molecule has 3 nitrogen and oxygen atoms in total. The van der Waals surface area contributed by atoms with Crippen molar-refractivity contribution in [3.8, 4) is 0 Å². The summed E-state index contributed by atoms with van der Waals surface area (Å²) in [6.07, 6.45) is 2.35. The Bertz CT molecular complexity index is 382. The van der Waals surface area contributed by atoms with Gasteiger partial charge in [-0.2, -0.15) is 0 Å². The van der Waals surface area contributed by atoms with Gasteiger partial charge in [0.2, 0.25) is 0 Å². The van der Waals surface area contributed by atoms with E-state index in [1.54, 1.807) is 0 Å². The minimum Gasteiger partial charge on any atom is -0.396 e. The molecule has 1 N–H and O–H groups in total. The van der Waals surface area contributed by atoms with Crippen LogP contribution in [0.4, 0.5) is 5.69 Å². The maximum Gasteiger partial charge on any atom is 0.0497 e. The van der Waals surface area contributed by atoms with Crippen LogP contribution in [0.25, 0.3) is 0 Å². The summed E-state index contributed by atoms with van der Waals surface area (Å²) in [4.78, 5) is 4.78. The van der Waals surface area contributed by atoms with Gasteiger partial charge >= 0.3 is 0 Å². The van der Waals surface area contributed by atoms with Crippen molar-refractivity contribution < 1.29 is 5.11 Å². The maximum atomic E-state index is 9.49. The fourth-order valence-corrected chi connectivity index (χ4v) is 2.85. The summed E-state index contributed by atoms with van der Waals surface area (Å²) < 4.78 is 0. The standard InChI is InChI=1S/C16H26N2O/c1-16(14-19)9-6-10-18(13-16)12-11-17(2)15-7-4-3-5-8-15/h3-5,7-8,19H,6,9-14H2,1-2H3. The minimum absolute atomic E-state index is 0.101. The molecule has 3 heteroatoms. The first-order valence-corrected chi connectivity index (χ1v) is 7.22. The molecule has 0 radical (unpaired) electrons. The van der Waals surface area contributed by atoms with Crippen molar-refractivity contribution in [2.75, 3.05) is 44.7 Å². The number of aliphatic hydroxyl groups is 1. The number of rotatable bonds is 5. The Balaban J connectivity index is 1.82. The van der Waals surface area contributed by atoms with E-state index in [4.69, 9.17) is 0 Å². The SMILES string of the molecule is CN(CCN1CCCC(C)(CO)C1)c1ccccc1. The first-order valence-electron chi connectivity index (χ1n) is 7.22. The Hall–Kier alpha value is -1.06. The van der Waals surface area contributed by atoms with Crippen LogP contribution in [0.3, 0.4) is 0 Å². The quantitative estimate of drug-likeness (QED) is 0.881. The summed E-state index contributed by atoms with van der Waals surface area (Å²) in [5, 5.41) is 9.49. The van der Waals surface area contributed by atoms with Crippen molar-refractivity contribution in [1.82, 2.24) is 4.90 Å². The van der Waals surface area contributed by atoms with Gasteiger partial charge in [-0.05, 0) is 31.5 Å². The molecule has 2 rings (SSSR count). The van der Waals surface area contributed by atoms with E-state index in [-0.39, 0.29) is 5.41 Å². The van der Waals surface area contributed by atoms with Gasteiger partial charge in [-0.1, -0.05) is 25.1 Å². The Kier molecular flexibility index (Phi) is 4.83. The lowest BCUT2D eigenvalue weighted by atomic mass is 9.83. The van der Waals surface area contributed by atoms with E-state index >= 15 is 0 Å². The van der Waals surface area contributed by atoms with Gasteiger partial charge < -0.3 is 14.9 Å². The normalized spacial score (nSPS) is 24.4. The molecule has 106 valence electrons. The highest BCUT2D eigenvalue weighted by atomic mass is 16.3. The van der Waals surface area contributed by atoms with Gasteiger partial charge in [0.1, 0.15) is 0 Å². The van der Waals surface area contributed by atoms with E-state index < -0.39 is 0 Å². The molecule has 1 aromatic rings. The molecule has 0 spiro atoms. The molecular weight excluding hydrogens is 236 g/mol. The molecule has 0 aromatic heterocycles. The zero-order valence-corrected chi connectivity index (χ0v) is 12.2. The lowest BCUT2D eigenvalue weighted by molar-refractivity contribution is 0.0481. The molecule has 1 fully saturated rings. The highest BCUT2D eigenvalue weighted by molar-refractivity contribution is 5.44. The lowest BCUT2D eigenvalue weighted by Gasteiger charge is -2.40. The zero-order valence-electron chi connectivity index (χ0n) is 12.2. The number of nitrogens with zero attached hydrogens (tertiary/aromatic N) is 2. The van der Waals surface area contributed by atoms with Crippen LogP contribution in [-0.4, -0.2) is 49.8 Å². The van der Waals surface area contributed by atoms with Crippen LogP contribution in [0.1, 0.15) is 19.8 Å². The Morgan fingerprint density at radius 2 is 2.05 bits per heavy atom. The predicted octanol–water partition coefficient (Wildman–Crippen LogP) is 2.22. The summed E-state index contributed by atoms with van der Waals surface area (Å²) in [6.45, 7) is 6.79. The van der Waals surface area contributed by atoms with E-state index in [1.165, 1.54) is 12.1 Å². The van der Waals surface area contributed by atoms with E-state index in [1.807, 2.05) is 0 Å². The molecule has 0 bridgehead atoms. The van der Waals surface area contributed by atoms with Crippen molar-refractivity contribution in [2.45, 2.75) is 19.8 Å². The Labute approximate surface area is 116 Å². The average Bonchev–Trinajstić information content (AvgIpc) is 2.46. The third-order valence-corrected chi connectivity index (χ3v) is 4.19. The number of benzene rings is 1. The molecule has 0 saturated carbocycles. The smallest absolute Gasteiger partial charge is 0.0497 e. The van der Waals surface area contributed by atoms with Gasteiger partial charge in [-0.15, -0.1) is 0 Å². The molecule has 0 amide bonds. The highest BCUT2D eigenvalue weighted by Crippen LogP contribution is 2.28. The molecule has 0 aliphatic carbocycles. The van der Waals surface area contributed by atoms with Gasteiger partial charge in [0, 0.05) is 44.4 Å². The summed E-state index contributed by atoms with van der Waals surface area (Å²) in [7, 11) is 2.14. The van der Waals surface area contributed by atoms with E-state index in [0.717, 1.165) is 32.6 Å². The zero-order chi connectivity index (χ0) is 13.7. The number of likely N-dealkylation sites (tertiary alicyclic amines) is 1. The van der Waals surface area contributed by atoms with Crippen molar-refractivity contribution in [3.63, 3.8) is 0 Å². The number of anilines is 1. The summed E-state index contributed by atoms with van der Waals surface area (Å²) in [5.41, 5.74) is 1.37. The number of hydrogen-bond acceptors (Lipinski definition) is 3. The molecule has 19 heavy (non-hydrogen) atoms. The van der Waals surface area contributed by atoms with Crippen LogP contribution < -0.4 is 4.90 Å². The lowest BCUT2D eigenvalue weighted by Crippen LogP contribution is -2.46. The summed E-state index contributed by atoms with van der Waals surface area (Å²) in [5.74, 6) is 0. The number of likely N-dealkylation sites (N-methyl/N-ethyl adjacent to an activating group) is 1. The Morgan fingerprint density at radius 1 is 1.32 bits per heavy atom. The fourth-order valence-electron chi connectivity index (χ4n) is 2.85. The number of para-hydroxylation sites is 1. The molecule has 1 aliphatic heterocycles. The second kappa shape index (κ2) is 6.40. The molecule has 1 saturated heterocycles. The van der Waals surface area contributed by atoms with E-state index in [0.29, 0.717) is 6.61 Å². The fraction of sp³-hybridized carbons (Fsp3) is 0.625. The van der Waals surface area contributed by atoms with Crippen molar-refractivity contribution in [2.24, 2.45) is 5.41 Å². The molecule has 1 unspecified atom stereocenters. The third kappa shape index (κ3) is 3.95. The topological polar surface area (TPSA) is 26.7 Å². The third-order valence-electron chi connectivity index (χ3n) is 4.19. The van der Waals surface area contributed by atoms with Crippen LogP contribution in [0.15, 0.2) is 30.3 Å². The largest absolute Gasteiger partial charge is 0.396 e. The summed E-state index contributed by atoms with van der Waals surface area (Å²) >= 11 is 0. The Morgan fingerprint density at radius 3 is 2.74 bits per heavy atom. The second-order valence-electron chi connectivity index (χ2n) is 6.11. The molecule has 1 aromatic carbocycles. The van der Waals surface area contributed by atoms with Crippen molar-refractivity contribution in [1.29, 1.82) is 0 Å². The van der Waals surface area contributed by atoms with Gasteiger partial charge in [0.25, 0.3) is 0 Å². The van der Waals surface area contributed by atoms with Crippen LogP contribution in [0, 0.1) is 5.41 Å². The maximum absolute atomic E-state index is 9.49. The van der Waals surface area contributed by atoms with Gasteiger partial charge in [0.15, 0.2) is 0 Å². The minimum atomic E-state index is 0.101. The van der Waals surface area contributed by atoms with Gasteiger partial charge in [0.05, 0.1) is 0 Å². The van der Waals surface area contributed by atoms with Crippen LogP contribution in [0.2, 0.25) is 0 Å². The first kappa shape index (κ1) is 14.4. The molecule has 1 heterocycles. The van der Waals surface area contributed by atoms with Crippen molar-refractivity contribution >= 4 is 5.69 Å².